The minimum Gasteiger partial charge on any atom is -0.481 e. The first-order valence-corrected chi connectivity index (χ1v) is 6.36. The zero-order chi connectivity index (χ0) is 16.0. The summed E-state index contributed by atoms with van der Waals surface area (Å²) in [5.74, 6) is -1.86. The molecule has 0 unspecified atom stereocenters. The highest BCUT2D eigenvalue weighted by atomic mass is 16.4. The minimum atomic E-state index is -1.01. The van der Waals surface area contributed by atoms with Crippen molar-refractivity contribution in [1.29, 1.82) is 0 Å². The van der Waals surface area contributed by atoms with E-state index in [1.54, 1.807) is 38.1 Å². The first-order valence-electron chi connectivity index (χ1n) is 6.36. The molecule has 0 aliphatic rings. The number of nitrogens with one attached hydrogen (secondary N) is 2. The van der Waals surface area contributed by atoms with Crippen molar-refractivity contribution in [2.24, 2.45) is 0 Å². The Balaban J connectivity index is 2.47. The number of carbonyl (C=O) groups excluding carboxylic acids is 2. The Morgan fingerprint density at radius 2 is 1.76 bits per heavy atom. The molecule has 0 spiro atoms. The van der Waals surface area contributed by atoms with E-state index < -0.39 is 23.3 Å². The van der Waals surface area contributed by atoms with Gasteiger partial charge in [-0.1, -0.05) is 0 Å². The quantitative estimate of drug-likeness (QED) is 0.564. The Hall–Kier alpha value is -2.57. The second-order valence-corrected chi connectivity index (χ2v) is 5.31. The van der Waals surface area contributed by atoms with Gasteiger partial charge in [0.05, 0.1) is 13.0 Å². The maximum absolute atomic E-state index is 11.8. The highest BCUT2D eigenvalue weighted by Gasteiger charge is 2.23. The monoisotopic (exact) mass is 293 g/mol. The van der Waals surface area contributed by atoms with Crippen LogP contribution < -0.4 is 16.4 Å². The molecule has 0 aromatic heterocycles. The summed E-state index contributed by atoms with van der Waals surface area (Å²) in [6.45, 7) is 2.97. The lowest BCUT2D eigenvalue weighted by Gasteiger charge is -2.24. The maximum Gasteiger partial charge on any atom is 0.305 e. The van der Waals surface area contributed by atoms with Crippen LogP contribution in [-0.2, 0) is 9.59 Å². The van der Waals surface area contributed by atoms with E-state index >= 15 is 0 Å². The Morgan fingerprint density at radius 1 is 1.19 bits per heavy atom. The number of nitrogens with two attached hydrogens (primary N) is 1. The molecular weight excluding hydrogens is 274 g/mol. The first kappa shape index (κ1) is 16.5. The van der Waals surface area contributed by atoms with E-state index in [-0.39, 0.29) is 13.0 Å². The molecule has 7 nitrogen and oxygen atoms in total. The van der Waals surface area contributed by atoms with Gasteiger partial charge < -0.3 is 21.5 Å². The Morgan fingerprint density at radius 3 is 2.29 bits per heavy atom. The summed E-state index contributed by atoms with van der Waals surface area (Å²) in [7, 11) is 0. The summed E-state index contributed by atoms with van der Waals surface area (Å²) in [6, 6.07) is 6.28. The topological polar surface area (TPSA) is 122 Å². The molecule has 0 saturated heterocycles. The van der Waals surface area contributed by atoms with Crippen LogP contribution in [-0.4, -0.2) is 35.0 Å². The van der Waals surface area contributed by atoms with Crippen molar-refractivity contribution < 1.29 is 19.5 Å². The zero-order valence-electron chi connectivity index (χ0n) is 12.0. The van der Waals surface area contributed by atoms with Crippen LogP contribution in [0.2, 0.25) is 0 Å². The number of hydrogen-bond donors (Lipinski definition) is 4. The molecule has 114 valence electrons. The third-order valence-corrected chi connectivity index (χ3v) is 2.65. The highest BCUT2D eigenvalue weighted by molar-refractivity contribution is 5.96. The third-order valence-electron chi connectivity index (χ3n) is 2.65. The number of nitrogen functional groups attached to an aromatic ring is 1. The van der Waals surface area contributed by atoms with Gasteiger partial charge in [-0.15, -0.1) is 0 Å². The van der Waals surface area contributed by atoms with E-state index in [0.29, 0.717) is 11.3 Å². The largest absolute Gasteiger partial charge is 0.481 e. The van der Waals surface area contributed by atoms with Crippen molar-refractivity contribution in [3.8, 4) is 0 Å². The zero-order valence-corrected chi connectivity index (χ0v) is 12.0. The van der Waals surface area contributed by atoms with Gasteiger partial charge in [-0.05, 0) is 38.1 Å². The predicted octanol–water partition coefficient (Wildman–Crippen LogP) is 0.368. The fourth-order valence-electron chi connectivity index (χ4n) is 1.74. The molecule has 1 aromatic rings. The summed E-state index contributed by atoms with van der Waals surface area (Å²) >= 11 is 0. The van der Waals surface area contributed by atoms with E-state index in [4.69, 9.17) is 10.8 Å². The molecule has 5 N–H and O–H groups in total. The van der Waals surface area contributed by atoms with E-state index in [2.05, 4.69) is 10.6 Å². The summed E-state index contributed by atoms with van der Waals surface area (Å²) < 4.78 is 0. The lowest BCUT2D eigenvalue weighted by atomic mass is 10.0. The van der Waals surface area contributed by atoms with E-state index in [9.17, 15) is 14.4 Å². The fourth-order valence-corrected chi connectivity index (χ4v) is 1.74. The molecule has 0 fully saturated rings. The van der Waals surface area contributed by atoms with Crippen molar-refractivity contribution in [2.45, 2.75) is 25.8 Å². The van der Waals surface area contributed by atoms with Gasteiger partial charge in [-0.25, -0.2) is 0 Å². The molecule has 0 atom stereocenters. The van der Waals surface area contributed by atoms with Gasteiger partial charge in [0.15, 0.2) is 0 Å². The smallest absolute Gasteiger partial charge is 0.305 e. The lowest BCUT2D eigenvalue weighted by molar-refractivity contribution is -0.138. The fraction of sp³-hybridized carbons (Fsp3) is 0.357. The number of carboxylic acid groups (broad SMARTS) is 1. The molecule has 1 aromatic carbocycles. The molecule has 21 heavy (non-hydrogen) atoms. The van der Waals surface area contributed by atoms with Crippen molar-refractivity contribution in [3.05, 3.63) is 29.8 Å². The molecule has 0 aliphatic heterocycles. The minimum absolute atomic E-state index is 0.204. The number of anilines is 1. The van der Waals surface area contributed by atoms with E-state index in [0.717, 1.165) is 0 Å². The second kappa shape index (κ2) is 6.74. The number of amides is 2. The second-order valence-electron chi connectivity index (χ2n) is 5.31. The van der Waals surface area contributed by atoms with Crippen LogP contribution in [0.1, 0.15) is 30.6 Å². The molecule has 0 heterocycles. The number of benzene rings is 1. The molecule has 1 rings (SSSR count). The Labute approximate surface area is 122 Å². The van der Waals surface area contributed by atoms with Crippen LogP contribution in [0.5, 0.6) is 0 Å². The van der Waals surface area contributed by atoms with Crippen molar-refractivity contribution >= 4 is 23.5 Å². The molecular formula is C14H19N3O4. The van der Waals surface area contributed by atoms with Crippen LogP contribution in [0.3, 0.4) is 0 Å². The van der Waals surface area contributed by atoms with Gasteiger partial charge in [0.2, 0.25) is 5.91 Å². The average Bonchev–Trinajstić information content (AvgIpc) is 2.34. The van der Waals surface area contributed by atoms with E-state index in [1.807, 2.05) is 0 Å². The van der Waals surface area contributed by atoms with Gasteiger partial charge in [-0.3, -0.25) is 14.4 Å². The average molecular weight is 293 g/mol. The van der Waals surface area contributed by atoms with Crippen LogP contribution in [0.15, 0.2) is 24.3 Å². The normalized spacial score (nSPS) is 10.8. The Kier molecular flexibility index (Phi) is 5.29. The van der Waals surface area contributed by atoms with Gasteiger partial charge >= 0.3 is 5.97 Å². The number of carbonyl (C=O) groups is 3. The molecule has 0 saturated carbocycles. The first-order chi connectivity index (χ1) is 9.69. The summed E-state index contributed by atoms with van der Waals surface area (Å²) in [4.78, 5) is 34.1. The molecule has 0 radical (unpaired) electrons. The Bertz CT molecular complexity index is 538. The van der Waals surface area contributed by atoms with E-state index in [1.165, 1.54) is 0 Å². The molecule has 0 aliphatic carbocycles. The van der Waals surface area contributed by atoms with Crippen LogP contribution in [0.4, 0.5) is 5.69 Å². The number of hydrogen-bond acceptors (Lipinski definition) is 4. The maximum atomic E-state index is 11.8. The summed E-state index contributed by atoms with van der Waals surface area (Å²) in [5, 5.41) is 13.7. The van der Waals surface area contributed by atoms with Crippen LogP contribution in [0.25, 0.3) is 0 Å². The van der Waals surface area contributed by atoms with Gasteiger partial charge in [0.25, 0.3) is 5.91 Å². The van der Waals surface area contributed by atoms with Gasteiger partial charge in [0, 0.05) is 16.8 Å². The summed E-state index contributed by atoms with van der Waals surface area (Å²) in [6.07, 6.45) is -0.204. The predicted molar refractivity (Wildman–Crippen MR) is 77.7 cm³/mol. The highest BCUT2D eigenvalue weighted by Crippen LogP contribution is 2.08. The number of aliphatic carboxylic acids is 1. The standard InChI is InChI=1S/C14H19N3O4/c1-14(2,7-12(19)20)17-11(18)8-16-13(21)9-3-5-10(15)6-4-9/h3-6H,7-8,15H2,1-2H3,(H,16,21)(H,17,18)(H,19,20). The van der Waals surface area contributed by atoms with Crippen molar-refractivity contribution in [3.63, 3.8) is 0 Å². The van der Waals surface area contributed by atoms with Crippen LogP contribution >= 0.6 is 0 Å². The SMILES string of the molecule is CC(C)(CC(=O)O)NC(=O)CNC(=O)c1ccc(N)cc1. The molecule has 7 heteroatoms. The summed E-state index contributed by atoms with van der Waals surface area (Å²) in [5.41, 5.74) is 5.57. The molecule has 2 amide bonds. The molecule has 0 bridgehead atoms. The van der Waals surface area contributed by atoms with Crippen LogP contribution in [0, 0.1) is 0 Å². The van der Waals surface area contributed by atoms with Gasteiger partial charge in [0.1, 0.15) is 0 Å². The lowest BCUT2D eigenvalue weighted by Crippen LogP contribution is -2.48. The van der Waals surface area contributed by atoms with Crippen molar-refractivity contribution in [2.75, 3.05) is 12.3 Å². The van der Waals surface area contributed by atoms with Crippen molar-refractivity contribution in [1.82, 2.24) is 10.6 Å². The van der Waals surface area contributed by atoms with Gasteiger partial charge in [-0.2, -0.15) is 0 Å². The number of carboxylic acids is 1. The number of rotatable bonds is 6. The third kappa shape index (κ3) is 5.94.